The van der Waals surface area contributed by atoms with Gasteiger partial charge in [0.25, 0.3) is 0 Å². The molecule has 2 aromatic rings. The van der Waals surface area contributed by atoms with Crippen LogP contribution < -0.4 is 5.73 Å². The second-order valence-corrected chi connectivity index (χ2v) is 7.21. The van der Waals surface area contributed by atoms with Crippen LogP contribution in [-0.2, 0) is 32.3 Å². The maximum Gasteiger partial charge on any atom is 0.320 e. The van der Waals surface area contributed by atoms with Crippen LogP contribution in [0.15, 0.2) is 60.7 Å². The van der Waals surface area contributed by atoms with E-state index in [9.17, 15) is 9.59 Å². The Kier molecular flexibility index (Phi) is 11.2. The predicted molar refractivity (Wildman–Crippen MR) is 116 cm³/mol. The number of ether oxygens (including phenoxy) is 2. The standard InChI is InChI=1S/C24H32N2O4/c25-15-9-1-2-10-16-26(17-23(27)29-19-21-11-5-3-6-12-21)18-24(28)30-20-22-13-7-4-8-14-22/h3-8,11-14H,1-2,9-10,15-20,25H2. The monoisotopic (exact) mass is 412 g/mol. The number of unbranched alkanes of at least 4 members (excludes halogenated alkanes) is 3. The number of hydrogen-bond donors (Lipinski definition) is 1. The van der Waals surface area contributed by atoms with E-state index in [1.807, 2.05) is 60.7 Å². The van der Waals surface area contributed by atoms with E-state index in [1.54, 1.807) is 4.90 Å². The van der Waals surface area contributed by atoms with Crippen molar-refractivity contribution < 1.29 is 19.1 Å². The molecule has 6 nitrogen and oxygen atoms in total. The zero-order valence-electron chi connectivity index (χ0n) is 17.5. The number of carbonyl (C=O) groups is 2. The molecule has 0 saturated heterocycles. The lowest BCUT2D eigenvalue weighted by atomic mass is 10.2. The number of hydrogen-bond acceptors (Lipinski definition) is 6. The van der Waals surface area contributed by atoms with Gasteiger partial charge in [-0.25, -0.2) is 0 Å². The van der Waals surface area contributed by atoms with E-state index >= 15 is 0 Å². The lowest BCUT2D eigenvalue weighted by Crippen LogP contribution is -2.36. The van der Waals surface area contributed by atoms with Crippen LogP contribution in [0, 0.1) is 0 Å². The van der Waals surface area contributed by atoms with E-state index in [1.165, 1.54) is 0 Å². The third kappa shape index (κ3) is 10.2. The van der Waals surface area contributed by atoms with Gasteiger partial charge in [-0.2, -0.15) is 0 Å². The van der Waals surface area contributed by atoms with Crippen LogP contribution in [0.5, 0.6) is 0 Å². The summed E-state index contributed by atoms with van der Waals surface area (Å²) < 4.78 is 10.7. The molecule has 2 N–H and O–H groups in total. The maximum atomic E-state index is 12.3. The van der Waals surface area contributed by atoms with Crippen LogP contribution >= 0.6 is 0 Å². The number of rotatable bonds is 14. The minimum atomic E-state index is -0.350. The maximum absolute atomic E-state index is 12.3. The van der Waals surface area contributed by atoms with Crippen molar-refractivity contribution in [3.63, 3.8) is 0 Å². The molecule has 0 aliphatic carbocycles. The van der Waals surface area contributed by atoms with E-state index in [4.69, 9.17) is 15.2 Å². The highest BCUT2D eigenvalue weighted by atomic mass is 16.5. The molecule has 0 bridgehead atoms. The lowest BCUT2D eigenvalue weighted by molar-refractivity contribution is -0.150. The summed E-state index contributed by atoms with van der Waals surface area (Å²) in [7, 11) is 0. The van der Waals surface area contributed by atoms with E-state index in [0.717, 1.165) is 36.8 Å². The molecule has 6 heteroatoms. The van der Waals surface area contributed by atoms with Crippen LogP contribution in [0.4, 0.5) is 0 Å². The summed E-state index contributed by atoms with van der Waals surface area (Å²) in [6.07, 6.45) is 3.92. The summed E-state index contributed by atoms with van der Waals surface area (Å²) in [6, 6.07) is 19.1. The number of esters is 2. The average molecular weight is 413 g/mol. The van der Waals surface area contributed by atoms with Gasteiger partial charge in [-0.05, 0) is 37.1 Å². The van der Waals surface area contributed by atoms with Crippen molar-refractivity contribution in [2.75, 3.05) is 26.2 Å². The van der Waals surface area contributed by atoms with Crippen molar-refractivity contribution in [1.82, 2.24) is 4.90 Å². The van der Waals surface area contributed by atoms with E-state index in [-0.39, 0.29) is 38.2 Å². The Morgan fingerprint density at radius 3 is 1.63 bits per heavy atom. The molecule has 162 valence electrons. The molecule has 0 atom stereocenters. The van der Waals surface area contributed by atoms with Crippen molar-refractivity contribution in [2.45, 2.75) is 38.9 Å². The molecule has 0 aliphatic heterocycles. The van der Waals surface area contributed by atoms with Crippen molar-refractivity contribution in [2.24, 2.45) is 5.73 Å². The molecule has 0 amide bonds. The van der Waals surface area contributed by atoms with Crippen LogP contribution in [0.2, 0.25) is 0 Å². The third-order valence-corrected chi connectivity index (χ3v) is 4.62. The Bertz CT molecular complexity index is 680. The quantitative estimate of drug-likeness (QED) is 0.379. The fourth-order valence-corrected chi connectivity index (χ4v) is 2.98. The second-order valence-electron chi connectivity index (χ2n) is 7.21. The number of nitrogens with two attached hydrogens (primary N) is 1. The topological polar surface area (TPSA) is 81.9 Å². The van der Waals surface area contributed by atoms with Gasteiger partial charge >= 0.3 is 11.9 Å². The van der Waals surface area contributed by atoms with Gasteiger partial charge in [0.2, 0.25) is 0 Å². The zero-order valence-corrected chi connectivity index (χ0v) is 17.5. The lowest BCUT2D eigenvalue weighted by Gasteiger charge is -2.20. The van der Waals surface area contributed by atoms with Gasteiger partial charge in [0, 0.05) is 0 Å². The molecule has 0 heterocycles. The van der Waals surface area contributed by atoms with Gasteiger partial charge in [-0.1, -0.05) is 73.5 Å². The smallest absolute Gasteiger partial charge is 0.320 e. The SMILES string of the molecule is NCCCCCCN(CC(=O)OCc1ccccc1)CC(=O)OCc1ccccc1. The van der Waals surface area contributed by atoms with Gasteiger partial charge in [0.1, 0.15) is 13.2 Å². The summed E-state index contributed by atoms with van der Waals surface area (Å²) in [5.41, 5.74) is 7.40. The first-order valence-corrected chi connectivity index (χ1v) is 10.5. The molecule has 0 aromatic heterocycles. The Labute approximate surface area is 179 Å². The second kappa shape index (κ2) is 14.3. The van der Waals surface area contributed by atoms with Gasteiger partial charge in [-0.3, -0.25) is 14.5 Å². The van der Waals surface area contributed by atoms with Gasteiger partial charge < -0.3 is 15.2 Å². The number of nitrogens with zero attached hydrogens (tertiary/aromatic N) is 1. The van der Waals surface area contributed by atoms with Crippen LogP contribution in [0.1, 0.15) is 36.8 Å². The van der Waals surface area contributed by atoms with E-state index < -0.39 is 0 Å². The van der Waals surface area contributed by atoms with Crippen LogP contribution in [0.25, 0.3) is 0 Å². The first-order chi connectivity index (χ1) is 14.7. The highest BCUT2D eigenvalue weighted by Gasteiger charge is 2.16. The van der Waals surface area contributed by atoms with Crippen molar-refractivity contribution in [3.8, 4) is 0 Å². The minimum Gasteiger partial charge on any atom is -0.460 e. The Balaban J connectivity index is 1.80. The number of carbonyl (C=O) groups excluding carboxylic acids is 2. The first-order valence-electron chi connectivity index (χ1n) is 10.5. The van der Waals surface area contributed by atoms with Crippen LogP contribution in [0.3, 0.4) is 0 Å². The number of benzene rings is 2. The van der Waals surface area contributed by atoms with Crippen LogP contribution in [-0.4, -0.2) is 43.0 Å². The summed E-state index contributed by atoms with van der Waals surface area (Å²) in [5, 5.41) is 0. The molecule has 0 fully saturated rings. The molecule has 2 rings (SSSR count). The summed E-state index contributed by atoms with van der Waals surface area (Å²) in [5.74, 6) is -0.701. The van der Waals surface area contributed by atoms with Gasteiger partial charge in [0.15, 0.2) is 0 Å². The van der Waals surface area contributed by atoms with Crippen molar-refractivity contribution in [1.29, 1.82) is 0 Å². The molecule has 0 spiro atoms. The van der Waals surface area contributed by atoms with Gasteiger partial charge in [0.05, 0.1) is 13.1 Å². The Morgan fingerprint density at radius 1 is 0.700 bits per heavy atom. The highest BCUT2D eigenvalue weighted by molar-refractivity contribution is 5.75. The summed E-state index contributed by atoms with van der Waals surface area (Å²) in [4.78, 5) is 26.4. The molecule has 30 heavy (non-hydrogen) atoms. The largest absolute Gasteiger partial charge is 0.460 e. The van der Waals surface area contributed by atoms with E-state index in [0.29, 0.717) is 13.1 Å². The molecular weight excluding hydrogens is 380 g/mol. The van der Waals surface area contributed by atoms with E-state index in [2.05, 4.69) is 0 Å². The molecule has 0 unspecified atom stereocenters. The zero-order chi connectivity index (χ0) is 21.4. The predicted octanol–water partition coefficient (Wildman–Crippen LogP) is 3.29. The molecular formula is C24H32N2O4. The summed E-state index contributed by atoms with van der Waals surface area (Å²) in [6.45, 7) is 1.88. The molecule has 0 saturated carbocycles. The normalized spacial score (nSPS) is 10.7. The fourth-order valence-electron chi connectivity index (χ4n) is 2.98. The molecule has 0 radical (unpaired) electrons. The fraction of sp³-hybridized carbons (Fsp3) is 0.417. The minimum absolute atomic E-state index is 0.0597. The average Bonchev–Trinajstić information content (AvgIpc) is 2.77. The highest BCUT2D eigenvalue weighted by Crippen LogP contribution is 2.06. The molecule has 0 aliphatic rings. The summed E-state index contributed by atoms with van der Waals surface area (Å²) >= 11 is 0. The van der Waals surface area contributed by atoms with Crippen molar-refractivity contribution in [3.05, 3.63) is 71.8 Å². The third-order valence-electron chi connectivity index (χ3n) is 4.62. The van der Waals surface area contributed by atoms with Crippen molar-refractivity contribution >= 4 is 11.9 Å². The molecule has 2 aromatic carbocycles. The first kappa shape index (κ1) is 23.6. The Hall–Kier alpha value is -2.70. The van der Waals surface area contributed by atoms with Gasteiger partial charge in [-0.15, -0.1) is 0 Å². The Morgan fingerprint density at radius 2 is 1.17 bits per heavy atom.